The molecular formula is C17H15F2NO2S. The molecule has 0 saturated carbocycles. The van der Waals surface area contributed by atoms with E-state index in [4.69, 9.17) is 0 Å². The van der Waals surface area contributed by atoms with Crippen molar-refractivity contribution in [2.24, 2.45) is 0 Å². The lowest BCUT2D eigenvalue weighted by molar-refractivity contribution is -0.0498. The van der Waals surface area contributed by atoms with Crippen LogP contribution in [0.15, 0.2) is 53.4 Å². The number of hydrogen-bond acceptors (Lipinski definition) is 3. The highest BCUT2D eigenvalue weighted by Crippen LogP contribution is 2.34. The van der Waals surface area contributed by atoms with Gasteiger partial charge in [-0.25, -0.2) is 0 Å². The number of alkyl halides is 2. The number of nitrogens with zero attached hydrogens (tertiary/aromatic N) is 1. The normalized spacial score (nSPS) is 14.3. The monoisotopic (exact) mass is 335 g/mol. The van der Waals surface area contributed by atoms with Gasteiger partial charge in [0, 0.05) is 17.0 Å². The lowest BCUT2D eigenvalue weighted by Crippen LogP contribution is -2.31. The molecule has 6 heteroatoms. The van der Waals surface area contributed by atoms with Gasteiger partial charge in [0.05, 0.1) is 5.69 Å². The van der Waals surface area contributed by atoms with E-state index in [9.17, 15) is 13.6 Å². The molecule has 2 aromatic carbocycles. The Bertz CT molecular complexity index is 708. The maximum absolute atomic E-state index is 12.8. The number of hydrogen-bond donors (Lipinski definition) is 0. The van der Waals surface area contributed by atoms with Crippen LogP contribution in [-0.2, 0) is 0 Å². The highest BCUT2D eigenvalue weighted by molar-refractivity contribution is 7.99. The van der Waals surface area contributed by atoms with Crippen molar-refractivity contribution < 1.29 is 18.3 Å². The Hall–Kier alpha value is -2.08. The molecule has 0 aliphatic carbocycles. The third-order valence-corrected chi connectivity index (χ3v) is 4.64. The number of ether oxygens (including phenoxy) is 1. The smallest absolute Gasteiger partial charge is 0.387 e. The maximum Gasteiger partial charge on any atom is 0.387 e. The van der Waals surface area contributed by atoms with Crippen LogP contribution in [0.1, 0.15) is 16.8 Å². The quantitative estimate of drug-likeness (QED) is 0.831. The number of rotatable bonds is 3. The van der Waals surface area contributed by atoms with Crippen molar-refractivity contribution in [3.05, 3.63) is 54.1 Å². The van der Waals surface area contributed by atoms with Crippen molar-refractivity contribution >= 4 is 23.4 Å². The molecule has 1 aliphatic heterocycles. The molecule has 0 unspecified atom stereocenters. The Morgan fingerprint density at radius 2 is 2.00 bits per heavy atom. The van der Waals surface area contributed by atoms with E-state index in [2.05, 4.69) is 4.74 Å². The number of para-hydroxylation sites is 1. The zero-order valence-electron chi connectivity index (χ0n) is 12.2. The van der Waals surface area contributed by atoms with Crippen LogP contribution in [0.2, 0.25) is 0 Å². The Labute approximate surface area is 137 Å². The number of thioether (sulfide) groups is 1. The first kappa shape index (κ1) is 15.8. The third kappa shape index (κ3) is 3.64. The first-order valence-corrected chi connectivity index (χ1v) is 8.22. The van der Waals surface area contributed by atoms with Crippen LogP contribution in [-0.4, -0.2) is 24.8 Å². The van der Waals surface area contributed by atoms with Gasteiger partial charge in [-0.2, -0.15) is 8.78 Å². The van der Waals surface area contributed by atoms with E-state index in [1.165, 1.54) is 12.1 Å². The van der Waals surface area contributed by atoms with E-state index in [-0.39, 0.29) is 11.7 Å². The molecule has 0 aromatic heterocycles. The third-order valence-electron chi connectivity index (χ3n) is 3.49. The standard InChI is InChI=1S/C17H15F2NO2S/c18-17(19)22-13-6-3-5-12(11-13)16(21)20-9-4-10-23-15-8-2-1-7-14(15)20/h1-3,5-8,11,17H,4,9-10H2. The second kappa shape index (κ2) is 7.00. The second-order valence-corrected chi connectivity index (χ2v) is 6.17. The minimum atomic E-state index is -2.91. The zero-order chi connectivity index (χ0) is 16.2. The number of amides is 1. The number of carbonyl (C=O) groups is 1. The molecule has 1 aliphatic rings. The van der Waals surface area contributed by atoms with Gasteiger partial charge < -0.3 is 9.64 Å². The fourth-order valence-electron chi connectivity index (χ4n) is 2.50. The maximum atomic E-state index is 12.8. The highest BCUT2D eigenvalue weighted by atomic mass is 32.2. The summed E-state index contributed by atoms with van der Waals surface area (Å²) >= 11 is 1.72. The first-order valence-electron chi connectivity index (χ1n) is 7.24. The molecule has 0 fully saturated rings. The van der Waals surface area contributed by atoms with E-state index in [1.807, 2.05) is 24.3 Å². The lowest BCUT2D eigenvalue weighted by Gasteiger charge is -2.22. The van der Waals surface area contributed by atoms with Crippen molar-refractivity contribution in [1.82, 2.24) is 0 Å². The topological polar surface area (TPSA) is 29.5 Å². The van der Waals surface area contributed by atoms with Crippen LogP contribution in [0, 0.1) is 0 Å². The van der Waals surface area contributed by atoms with E-state index < -0.39 is 6.61 Å². The Morgan fingerprint density at radius 1 is 1.17 bits per heavy atom. The van der Waals surface area contributed by atoms with Crippen molar-refractivity contribution in [3.8, 4) is 5.75 Å². The molecule has 0 N–H and O–H groups in total. The number of halogens is 2. The van der Waals surface area contributed by atoms with E-state index >= 15 is 0 Å². The van der Waals surface area contributed by atoms with Crippen molar-refractivity contribution in [1.29, 1.82) is 0 Å². The van der Waals surface area contributed by atoms with Crippen LogP contribution in [0.4, 0.5) is 14.5 Å². The highest BCUT2D eigenvalue weighted by Gasteiger charge is 2.22. The van der Waals surface area contributed by atoms with Gasteiger partial charge in [0.1, 0.15) is 5.75 Å². The number of fused-ring (bicyclic) bond motifs is 1. The molecule has 1 amide bonds. The summed E-state index contributed by atoms with van der Waals surface area (Å²) in [4.78, 5) is 15.6. The van der Waals surface area contributed by atoms with Crippen molar-refractivity contribution in [2.75, 3.05) is 17.2 Å². The molecule has 2 aromatic rings. The van der Waals surface area contributed by atoms with Gasteiger partial charge in [-0.05, 0) is 42.5 Å². The van der Waals surface area contributed by atoms with Gasteiger partial charge in [-0.3, -0.25) is 4.79 Å². The van der Waals surface area contributed by atoms with E-state index in [0.29, 0.717) is 12.1 Å². The van der Waals surface area contributed by atoms with Crippen LogP contribution in [0.25, 0.3) is 0 Å². The molecule has 0 spiro atoms. The summed E-state index contributed by atoms with van der Waals surface area (Å²) in [5.41, 5.74) is 1.20. The van der Waals surface area contributed by atoms with E-state index in [0.717, 1.165) is 22.8 Å². The summed E-state index contributed by atoms with van der Waals surface area (Å²) in [7, 11) is 0. The molecule has 3 rings (SSSR count). The fourth-order valence-corrected chi connectivity index (χ4v) is 3.49. The van der Waals surface area contributed by atoms with Crippen LogP contribution < -0.4 is 9.64 Å². The Kier molecular flexibility index (Phi) is 4.81. The molecule has 0 saturated heterocycles. The summed E-state index contributed by atoms with van der Waals surface area (Å²) in [6, 6.07) is 13.7. The van der Waals surface area contributed by atoms with Gasteiger partial charge >= 0.3 is 6.61 Å². The van der Waals surface area contributed by atoms with Gasteiger partial charge in [0.25, 0.3) is 5.91 Å². The largest absolute Gasteiger partial charge is 0.435 e. The molecule has 1 heterocycles. The van der Waals surface area contributed by atoms with Crippen LogP contribution in [0.3, 0.4) is 0 Å². The minimum Gasteiger partial charge on any atom is -0.435 e. The Balaban J connectivity index is 1.91. The molecule has 0 atom stereocenters. The van der Waals surface area contributed by atoms with Crippen LogP contribution in [0.5, 0.6) is 5.75 Å². The van der Waals surface area contributed by atoms with Gasteiger partial charge in [-0.15, -0.1) is 11.8 Å². The molecule has 0 bridgehead atoms. The fraction of sp³-hybridized carbons (Fsp3) is 0.235. The van der Waals surface area contributed by atoms with Crippen molar-refractivity contribution in [2.45, 2.75) is 17.9 Å². The molecule has 3 nitrogen and oxygen atoms in total. The number of carbonyl (C=O) groups excluding carboxylic acids is 1. The second-order valence-electron chi connectivity index (χ2n) is 5.03. The summed E-state index contributed by atoms with van der Waals surface area (Å²) in [6.07, 6.45) is 0.873. The predicted molar refractivity (Wildman–Crippen MR) is 86.5 cm³/mol. The van der Waals surface area contributed by atoms with Crippen molar-refractivity contribution in [3.63, 3.8) is 0 Å². The number of benzene rings is 2. The predicted octanol–water partition coefficient (Wildman–Crippen LogP) is 4.43. The molecule has 0 radical (unpaired) electrons. The van der Waals surface area contributed by atoms with Gasteiger partial charge in [0.2, 0.25) is 0 Å². The summed E-state index contributed by atoms with van der Waals surface area (Å²) in [6.45, 7) is -2.31. The Morgan fingerprint density at radius 3 is 2.83 bits per heavy atom. The summed E-state index contributed by atoms with van der Waals surface area (Å²) in [5, 5.41) is 0. The average Bonchev–Trinajstić information content (AvgIpc) is 2.76. The molecule has 120 valence electrons. The van der Waals surface area contributed by atoms with Crippen LogP contribution >= 0.6 is 11.8 Å². The zero-order valence-corrected chi connectivity index (χ0v) is 13.1. The molecular weight excluding hydrogens is 320 g/mol. The first-order chi connectivity index (χ1) is 11.1. The SMILES string of the molecule is O=C(c1cccc(OC(F)F)c1)N1CCCSc2ccccc21. The summed E-state index contributed by atoms with van der Waals surface area (Å²) in [5.74, 6) is 0.720. The average molecular weight is 335 g/mol. The van der Waals surface area contributed by atoms with E-state index in [1.54, 1.807) is 28.8 Å². The minimum absolute atomic E-state index is 0.0108. The lowest BCUT2D eigenvalue weighted by atomic mass is 10.1. The van der Waals surface area contributed by atoms with Gasteiger partial charge in [-0.1, -0.05) is 18.2 Å². The number of anilines is 1. The molecule has 23 heavy (non-hydrogen) atoms. The summed E-state index contributed by atoms with van der Waals surface area (Å²) < 4.78 is 29.1. The van der Waals surface area contributed by atoms with Gasteiger partial charge in [0.15, 0.2) is 0 Å².